The van der Waals surface area contributed by atoms with Gasteiger partial charge >= 0.3 is 0 Å². The molecule has 0 bridgehead atoms. The number of hydrogen-bond donors (Lipinski definition) is 2. The summed E-state index contributed by atoms with van der Waals surface area (Å²) in [4.78, 5) is 41.2. The third-order valence-corrected chi connectivity index (χ3v) is 7.24. The Hall–Kier alpha value is -3.79. The molecule has 6 nitrogen and oxygen atoms in total. The second kappa shape index (κ2) is 10.4. The van der Waals surface area contributed by atoms with Gasteiger partial charge in [-0.05, 0) is 54.4 Å². The molecule has 3 atom stereocenters. The lowest BCUT2D eigenvalue weighted by atomic mass is 9.99. The Morgan fingerprint density at radius 1 is 1.00 bits per heavy atom. The maximum absolute atomic E-state index is 13.8. The topological polar surface area (TPSA) is 92.5 Å². The predicted molar refractivity (Wildman–Crippen MR) is 129 cm³/mol. The Morgan fingerprint density at radius 3 is 2.28 bits per heavy atom. The first-order chi connectivity index (χ1) is 17.1. The Bertz CT molecular complexity index is 1300. The second-order valence-corrected chi connectivity index (χ2v) is 9.54. The molecule has 3 aromatic rings. The average molecular weight is 514 g/mol. The zero-order valence-corrected chi connectivity index (χ0v) is 19.9. The van der Waals surface area contributed by atoms with Crippen molar-refractivity contribution in [1.82, 2.24) is 4.90 Å². The number of amides is 3. The molecule has 3 amide bonds. The van der Waals surface area contributed by atoms with Crippen LogP contribution in [0.5, 0.6) is 0 Å². The van der Waals surface area contributed by atoms with Gasteiger partial charge in [0.1, 0.15) is 29.5 Å². The van der Waals surface area contributed by atoms with Gasteiger partial charge in [-0.15, -0.1) is 11.8 Å². The lowest BCUT2D eigenvalue weighted by molar-refractivity contribution is -0.144. The van der Waals surface area contributed by atoms with E-state index >= 15 is 0 Å². The van der Waals surface area contributed by atoms with Crippen molar-refractivity contribution < 1.29 is 27.6 Å². The molecule has 3 aromatic carbocycles. The molecule has 10 heteroatoms. The van der Waals surface area contributed by atoms with E-state index in [1.807, 2.05) is 0 Å². The highest BCUT2D eigenvalue weighted by Crippen LogP contribution is 2.45. The van der Waals surface area contributed by atoms with Crippen LogP contribution in [0.4, 0.5) is 18.9 Å². The van der Waals surface area contributed by atoms with Gasteiger partial charge in [-0.3, -0.25) is 14.4 Å². The number of primary amides is 1. The molecule has 0 fully saturated rings. The molecule has 1 aliphatic heterocycles. The van der Waals surface area contributed by atoms with E-state index in [0.29, 0.717) is 22.2 Å². The zero-order valence-electron chi connectivity index (χ0n) is 19.1. The number of halogens is 3. The first kappa shape index (κ1) is 25.3. The standard InChI is InChI=1S/C26H22F3N3O3S/c1-14(25(30)34)32(22(33)12-15-10-18(28)13-19(29)11-15)23-24(16-6-8-17(27)9-7-16)36-21-5-3-2-4-20(21)31-26(23)35/h2-11,13-14,23-24H,12H2,1H3,(H2,30,34)(H,31,35)/t14-,23-,24+/m0/s1. The highest BCUT2D eigenvalue weighted by molar-refractivity contribution is 7.99. The van der Waals surface area contributed by atoms with Crippen molar-refractivity contribution in [2.75, 3.05) is 5.32 Å². The number of hydrogen-bond acceptors (Lipinski definition) is 4. The number of nitrogens with two attached hydrogens (primary N) is 1. The fourth-order valence-corrected chi connectivity index (χ4v) is 5.47. The molecule has 3 N–H and O–H groups in total. The first-order valence-electron chi connectivity index (χ1n) is 11.0. The van der Waals surface area contributed by atoms with Crippen molar-refractivity contribution in [3.63, 3.8) is 0 Å². The number of benzene rings is 3. The molecular weight excluding hydrogens is 491 g/mol. The van der Waals surface area contributed by atoms with Crippen LogP contribution in [0.15, 0.2) is 71.6 Å². The minimum atomic E-state index is -1.26. The number of para-hydroxylation sites is 1. The maximum Gasteiger partial charge on any atom is 0.248 e. The fraction of sp³-hybridized carbons (Fsp3) is 0.192. The number of thioether (sulfide) groups is 1. The summed E-state index contributed by atoms with van der Waals surface area (Å²) in [6, 6.07) is 12.7. The largest absolute Gasteiger partial charge is 0.368 e. The molecule has 4 rings (SSSR count). The van der Waals surface area contributed by atoms with Crippen LogP contribution in [-0.2, 0) is 20.8 Å². The monoisotopic (exact) mass is 513 g/mol. The van der Waals surface area contributed by atoms with Gasteiger partial charge in [0, 0.05) is 11.0 Å². The van der Waals surface area contributed by atoms with Crippen LogP contribution in [0.2, 0.25) is 0 Å². The number of carbonyl (C=O) groups excluding carboxylic acids is 3. The van der Waals surface area contributed by atoms with Crippen molar-refractivity contribution in [3.8, 4) is 0 Å². The number of nitrogens with zero attached hydrogens (tertiary/aromatic N) is 1. The van der Waals surface area contributed by atoms with E-state index in [2.05, 4.69) is 5.32 Å². The van der Waals surface area contributed by atoms with Crippen LogP contribution < -0.4 is 11.1 Å². The summed E-state index contributed by atoms with van der Waals surface area (Å²) in [5.41, 5.74) is 6.62. The molecule has 0 spiro atoms. The van der Waals surface area contributed by atoms with Gasteiger partial charge in [-0.25, -0.2) is 13.2 Å². The summed E-state index contributed by atoms with van der Waals surface area (Å²) in [5.74, 6) is -4.40. The quantitative estimate of drug-likeness (QED) is 0.517. The van der Waals surface area contributed by atoms with E-state index < -0.39 is 58.9 Å². The molecule has 0 unspecified atom stereocenters. The Morgan fingerprint density at radius 2 is 1.64 bits per heavy atom. The van der Waals surface area contributed by atoms with E-state index in [1.165, 1.54) is 43.0 Å². The second-order valence-electron chi connectivity index (χ2n) is 8.35. The molecule has 36 heavy (non-hydrogen) atoms. The smallest absolute Gasteiger partial charge is 0.248 e. The molecular formula is C26H22F3N3O3S. The predicted octanol–water partition coefficient (Wildman–Crippen LogP) is 4.20. The molecule has 0 radical (unpaired) electrons. The lowest BCUT2D eigenvalue weighted by Crippen LogP contribution is -2.57. The molecule has 186 valence electrons. The number of anilines is 1. The Labute approximate surface area is 209 Å². The van der Waals surface area contributed by atoms with Gasteiger partial charge < -0.3 is 16.0 Å². The van der Waals surface area contributed by atoms with Crippen LogP contribution in [0, 0.1) is 17.5 Å². The van der Waals surface area contributed by atoms with E-state index in [0.717, 1.165) is 17.0 Å². The minimum Gasteiger partial charge on any atom is -0.368 e. The Balaban J connectivity index is 1.81. The van der Waals surface area contributed by atoms with Gasteiger partial charge in [-0.1, -0.05) is 24.3 Å². The molecule has 0 aromatic heterocycles. The number of fused-ring (bicyclic) bond motifs is 1. The van der Waals surface area contributed by atoms with Gasteiger partial charge in [0.2, 0.25) is 17.7 Å². The van der Waals surface area contributed by atoms with Crippen LogP contribution >= 0.6 is 11.8 Å². The molecule has 1 aliphatic rings. The number of rotatable bonds is 6. The van der Waals surface area contributed by atoms with Crippen LogP contribution in [-0.4, -0.2) is 34.7 Å². The van der Waals surface area contributed by atoms with E-state index in [4.69, 9.17) is 5.73 Å². The van der Waals surface area contributed by atoms with E-state index in [9.17, 15) is 27.6 Å². The minimum absolute atomic E-state index is 0.0301. The molecule has 0 saturated heterocycles. The summed E-state index contributed by atoms with van der Waals surface area (Å²) in [6.07, 6.45) is -0.482. The highest BCUT2D eigenvalue weighted by Gasteiger charge is 2.43. The van der Waals surface area contributed by atoms with Crippen LogP contribution in [0.1, 0.15) is 23.3 Å². The summed E-state index contributed by atoms with van der Waals surface area (Å²) in [6.45, 7) is 1.38. The number of nitrogens with one attached hydrogen (secondary N) is 1. The summed E-state index contributed by atoms with van der Waals surface area (Å²) < 4.78 is 41.2. The third kappa shape index (κ3) is 5.38. The van der Waals surface area contributed by atoms with Crippen molar-refractivity contribution in [2.45, 2.75) is 35.6 Å². The summed E-state index contributed by atoms with van der Waals surface area (Å²) in [7, 11) is 0. The maximum atomic E-state index is 13.8. The lowest BCUT2D eigenvalue weighted by Gasteiger charge is -2.37. The van der Waals surface area contributed by atoms with Crippen molar-refractivity contribution in [2.24, 2.45) is 5.73 Å². The molecule has 0 aliphatic carbocycles. The van der Waals surface area contributed by atoms with Crippen LogP contribution in [0.3, 0.4) is 0 Å². The van der Waals surface area contributed by atoms with Gasteiger partial charge in [0.25, 0.3) is 0 Å². The van der Waals surface area contributed by atoms with E-state index in [-0.39, 0.29) is 5.56 Å². The summed E-state index contributed by atoms with van der Waals surface area (Å²) >= 11 is 1.26. The van der Waals surface area contributed by atoms with Crippen molar-refractivity contribution in [3.05, 3.63) is 95.3 Å². The molecule has 1 heterocycles. The molecule has 0 saturated carbocycles. The fourth-order valence-electron chi connectivity index (χ4n) is 4.12. The highest BCUT2D eigenvalue weighted by atomic mass is 32.2. The van der Waals surface area contributed by atoms with Crippen molar-refractivity contribution >= 4 is 35.2 Å². The van der Waals surface area contributed by atoms with E-state index in [1.54, 1.807) is 24.3 Å². The van der Waals surface area contributed by atoms with Gasteiger partial charge in [0.05, 0.1) is 17.4 Å². The normalized spacial score (nSPS) is 17.9. The third-order valence-electron chi connectivity index (χ3n) is 5.85. The zero-order chi connectivity index (χ0) is 26.0. The van der Waals surface area contributed by atoms with Gasteiger partial charge in [0.15, 0.2) is 0 Å². The first-order valence-corrected chi connectivity index (χ1v) is 11.9. The van der Waals surface area contributed by atoms with Crippen molar-refractivity contribution in [1.29, 1.82) is 0 Å². The number of carbonyl (C=O) groups is 3. The van der Waals surface area contributed by atoms with Crippen LogP contribution in [0.25, 0.3) is 0 Å². The van der Waals surface area contributed by atoms with Gasteiger partial charge in [-0.2, -0.15) is 0 Å². The summed E-state index contributed by atoms with van der Waals surface area (Å²) in [5, 5.41) is 2.04. The SMILES string of the molecule is C[C@@H](C(N)=O)N(C(=O)Cc1cc(F)cc(F)c1)[C@@H]1C(=O)Nc2ccccc2S[C@@H]1c1ccc(F)cc1. The average Bonchev–Trinajstić information content (AvgIpc) is 2.95. The Kier molecular flexibility index (Phi) is 7.35.